The molecule has 0 bridgehead atoms. The van der Waals surface area contributed by atoms with Crippen LogP contribution in [0.1, 0.15) is 50.2 Å². The summed E-state index contributed by atoms with van der Waals surface area (Å²) in [6, 6.07) is 20.3. The number of benzene rings is 3. The first kappa shape index (κ1) is 28.1. The standard InChI is InChI=1S/C32H34N4O5/c1-20-18-26-27(19-25(20)32(40)41-2)35-31(39)28(26)29(21-6-4-3-5-7-21)33-23-10-8-22(9-11-23)30(38)34-24-12-14-36(15-13-24)16-17-37/h3-11,18-19,24,33,37H,12-17H2,1-2H3,(H,34,38)(H,35,39). The maximum Gasteiger partial charge on any atom is 0.338 e. The quantitative estimate of drug-likeness (QED) is 0.246. The third-order valence-electron chi connectivity index (χ3n) is 7.58. The number of esters is 1. The Bertz CT molecular complexity index is 1480. The van der Waals surface area contributed by atoms with E-state index in [1.165, 1.54) is 7.11 Å². The molecule has 0 saturated carbocycles. The topological polar surface area (TPSA) is 120 Å². The molecule has 212 valence electrons. The van der Waals surface area contributed by atoms with Gasteiger partial charge in [0.25, 0.3) is 11.8 Å². The molecule has 0 radical (unpaired) electrons. The van der Waals surface area contributed by atoms with Gasteiger partial charge in [-0.15, -0.1) is 0 Å². The summed E-state index contributed by atoms with van der Waals surface area (Å²) in [7, 11) is 1.33. The number of nitrogens with zero attached hydrogens (tertiary/aromatic N) is 1. The lowest BCUT2D eigenvalue weighted by molar-refractivity contribution is -0.110. The van der Waals surface area contributed by atoms with Crippen LogP contribution in [0.2, 0.25) is 0 Å². The molecule has 2 aliphatic rings. The molecule has 3 aromatic carbocycles. The number of aryl methyl sites for hydroxylation is 1. The summed E-state index contributed by atoms with van der Waals surface area (Å²) < 4.78 is 4.89. The second-order valence-corrected chi connectivity index (χ2v) is 10.3. The molecule has 4 N–H and O–H groups in total. The highest BCUT2D eigenvalue weighted by atomic mass is 16.5. The smallest absolute Gasteiger partial charge is 0.338 e. The van der Waals surface area contributed by atoms with E-state index in [-0.39, 0.29) is 24.5 Å². The van der Waals surface area contributed by atoms with E-state index in [0.29, 0.717) is 45.8 Å². The fourth-order valence-electron chi connectivity index (χ4n) is 5.35. The summed E-state index contributed by atoms with van der Waals surface area (Å²) in [5.41, 5.74) is 5.48. The number of fused-ring (bicyclic) bond motifs is 1. The Hall–Kier alpha value is -4.47. The third kappa shape index (κ3) is 6.16. The molecule has 9 nitrogen and oxygen atoms in total. The molecule has 41 heavy (non-hydrogen) atoms. The summed E-state index contributed by atoms with van der Waals surface area (Å²) in [5.74, 6) is -0.872. The summed E-state index contributed by atoms with van der Waals surface area (Å²) in [5, 5.41) is 18.6. The van der Waals surface area contributed by atoms with Gasteiger partial charge in [0.05, 0.1) is 36.2 Å². The van der Waals surface area contributed by atoms with Crippen LogP contribution in [-0.4, -0.2) is 67.2 Å². The van der Waals surface area contributed by atoms with Crippen molar-refractivity contribution < 1.29 is 24.2 Å². The van der Waals surface area contributed by atoms with Crippen LogP contribution in [0.3, 0.4) is 0 Å². The van der Waals surface area contributed by atoms with Gasteiger partial charge in [0.2, 0.25) is 0 Å². The summed E-state index contributed by atoms with van der Waals surface area (Å²) >= 11 is 0. The normalized spacial score (nSPS) is 16.5. The lowest BCUT2D eigenvalue weighted by Gasteiger charge is -2.31. The number of likely N-dealkylation sites (tertiary alicyclic amines) is 1. The summed E-state index contributed by atoms with van der Waals surface area (Å²) in [4.78, 5) is 40.6. The number of aliphatic hydroxyl groups excluding tert-OH is 1. The predicted molar refractivity (Wildman–Crippen MR) is 158 cm³/mol. The van der Waals surface area contributed by atoms with E-state index < -0.39 is 5.97 Å². The van der Waals surface area contributed by atoms with Crippen LogP contribution in [0.4, 0.5) is 11.4 Å². The monoisotopic (exact) mass is 554 g/mol. The second-order valence-electron chi connectivity index (χ2n) is 10.3. The van der Waals surface area contributed by atoms with Gasteiger partial charge in [-0.2, -0.15) is 0 Å². The lowest BCUT2D eigenvalue weighted by Crippen LogP contribution is -2.45. The average Bonchev–Trinajstić information content (AvgIpc) is 3.31. The zero-order valence-electron chi connectivity index (χ0n) is 23.2. The molecular formula is C32H34N4O5. The van der Waals surface area contributed by atoms with Crippen LogP contribution in [0, 0.1) is 6.92 Å². The van der Waals surface area contributed by atoms with Crippen LogP contribution in [0.5, 0.6) is 0 Å². The molecule has 2 heterocycles. The number of piperidine rings is 1. The number of amides is 2. The van der Waals surface area contributed by atoms with E-state index in [4.69, 9.17) is 9.84 Å². The third-order valence-corrected chi connectivity index (χ3v) is 7.58. The fraction of sp³-hybridized carbons (Fsp3) is 0.281. The molecule has 0 atom stereocenters. The van der Waals surface area contributed by atoms with Gasteiger partial charge in [0.1, 0.15) is 0 Å². The number of carbonyl (C=O) groups excluding carboxylic acids is 3. The van der Waals surface area contributed by atoms with Gasteiger partial charge in [0.15, 0.2) is 0 Å². The van der Waals surface area contributed by atoms with Crippen molar-refractivity contribution in [3.05, 3.63) is 94.5 Å². The van der Waals surface area contributed by atoms with Gasteiger partial charge in [-0.25, -0.2) is 4.79 Å². The van der Waals surface area contributed by atoms with Crippen LogP contribution < -0.4 is 16.0 Å². The molecule has 1 saturated heterocycles. The average molecular weight is 555 g/mol. The Morgan fingerprint density at radius 1 is 1.02 bits per heavy atom. The molecule has 0 aromatic heterocycles. The Balaban J connectivity index is 1.40. The van der Waals surface area contributed by atoms with Gasteiger partial charge in [-0.1, -0.05) is 30.3 Å². The van der Waals surface area contributed by atoms with Gasteiger partial charge in [-0.05, 0) is 67.3 Å². The van der Waals surface area contributed by atoms with E-state index in [9.17, 15) is 14.4 Å². The first-order chi connectivity index (χ1) is 19.9. The lowest BCUT2D eigenvalue weighted by atomic mass is 9.96. The Morgan fingerprint density at radius 2 is 1.73 bits per heavy atom. The molecule has 2 amide bonds. The number of nitrogens with one attached hydrogen (secondary N) is 3. The van der Waals surface area contributed by atoms with E-state index in [1.54, 1.807) is 18.2 Å². The zero-order chi connectivity index (χ0) is 28.9. The molecule has 5 rings (SSSR count). The van der Waals surface area contributed by atoms with Crippen molar-refractivity contribution in [2.75, 3.05) is 44.0 Å². The van der Waals surface area contributed by atoms with Gasteiger partial charge >= 0.3 is 5.97 Å². The minimum Gasteiger partial charge on any atom is -0.465 e. The van der Waals surface area contributed by atoms with E-state index >= 15 is 0 Å². The molecule has 3 aromatic rings. The zero-order valence-corrected chi connectivity index (χ0v) is 23.2. The number of ether oxygens (including phenoxy) is 1. The number of anilines is 2. The van der Waals surface area contributed by atoms with Crippen molar-refractivity contribution in [3.8, 4) is 0 Å². The highest BCUT2D eigenvalue weighted by Crippen LogP contribution is 2.39. The molecule has 1 fully saturated rings. The number of aliphatic hydroxyl groups is 1. The maximum absolute atomic E-state index is 13.3. The molecule has 0 spiro atoms. The molecule has 0 aliphatic carbocycles. The van der Waals surface area contributed by atoms with Gasteiger partial charge in [-0.3, -0.25) is 9.59 Å². The number of hydrogen-bond donors (Lipinski definition) is 4. The molecule has 2 aliphatic heterocycles. The molecular weight excluding hydrogens is 520 g/mol. The largest absolute Gasteiger partial charge is 0.465 e. The number of β-amino-alcohol motifs (C(OH)–C–C–N with tert-alkyl or cyclic N) is 1. The number of carbonyl (C=O) groups is 3. The van der Waals surface area contributed by atoms with E-state index in [2.05, 4.69) is 20.9 Å². The SMILES string of the molecule is COC(=O)c1cc2c(cc1C)C(=C(Nc1ccc(C(=O)NC3CCN(CCO)CC3)cc1)c1ccccc1)C(=O)N2. The van der Waals surface area contributed by atoms with Crippen molar-refractivity contribution in [3.63, 3.8) is 0 Å². The minimum absolute atomic E-state index is 0.105. The van der Waals surface area contributed by atoms with Gasteiger partial charge < -0.3 is 30.7 Å². The van der Waals surface area contributed by atoms with Crippen LogP contribution in [0.15, 0.2) is 66.7 Å². The van der Waals surface area contributed by atoms with Gasteiger partial charge in [0, 0.05) is 42.5 Å². The fourth-order valence-corrected chi connectivity index (χ4v) is 5.35. The van der Waals surface area contributed by atoms with Crippen LogP contribution >= 0.6 is 0 Å². The second kappa shape index (κ2) is 12.4. The highest BCUT2D eigenvalue weighted by Gasteiger charge is 2.30. The Labute approximate surface area is 239 Å². The van der Waals surface area contributed by atoms with Crippen LogP contribution in [-0.2, 0) is 9.53 Å². The number of methoxy groups -OCH3 is 1. The molecule has 9 heteroatoms. The summed E-state index contributed by atoms with van der Waals surface area (Å²) in [6.07, 6.45) is 1.70. The van der Waals surface area contributed by atoms with Crippen molar-refractivity contribution >= 4 is 40.4 Å². The van der Waals surface area contributed by atoms with Crippen molar-refractivity contribution in [2.24, 2.45) is 0 Å². The predicted octanol–water partition coefficient (Wildman–Crippen LogP) is 3.90. The van der Waals surface area contributed by atoms with E-state index in [1.807, 2.05) is 55.5 Å². The maximum atomic E-state index is 13.3. The van der Waals surface area contributed by atoms with Crippen molar-refractivity contribution in [1.82, 2.24) is 10.2 Å². The van der Waals surface area contributed by atoms with E-state index in [0.717, 1.165) is 37.2 Å². The Kier molecular flexibility index (Phi) is 8.47. The first-order valence-electron chi connectivity index (χ1n) is 13.7. The number of rotatable bonds is 8. The minimum atomic E-state index is -0.463. The van der Waals surface area contributed by atoms with Crippen molar-refractivity contribution in [2.45, 2.75) is 25.8 Å². The Morgan fingerprint density at radius 3 is 2.39 bits per heavy atom. The molecule has 0 unspecified atom stereocenters. The summed E-state index contributed by atoms with van der Waals surface area (Å²) in [6.45, 7) is 4.33. The van der Waals surface area contributed by atoms with Crippen molar-refractivity contribution in [1.29, 1.82) is 0 Å². The first-order valence-corrected chi connectivity index (χ1v) is 13.7. The number of hydrogen-bond acceptors (Lipinski definition) is 7. The van der Waals surface area contributed by atoms with Crippen LogP contribution in [0.25, 0.3) is 11.3 Å². The highest BCUT2D eigenvalue weighted by molar-refractivity contribution is 6.37.